The highest BCUT2D eigenvalue weighted by molar-refractivity contribution is 7.71. The van der Waals surface area contributed by atoms with Crippen molar-refractivity contribution in [3.05, 3.63) is 47.1 Å². The van der Waals surface area contributed by atoms with E-state index in [1.807, 2.05) is 41.9 Å². The lowest BCUT2D eigenvalue weighted by Crippen LogP contribution is -2.45. The maximum atomic E-state index is 5.77. The molecule has 1 aliphatic heterocycles. The molecule has 3 heterocycles. The summed E-state index contributed by atoms with van der Waals surface area (Å²) in [6.07, 6.45) is 1.78. The van der Waals surface area contributed by atoms with Gasteiger partial charge in [0.1, 0.15) is 0 Å². The molecule has 4 rings (SSSR count). The van der Waals surface area contributed by atoms with Crippen molar-refractivity contribution in [3.63, 3.8) is 0 Å². The minimum atomic E-state index is 0.394. The van der Waals surface area contributed by atoms with Gasteiger partial charge in [-0.25, -0.2) is 9.36 Å². The first-order valence-corrected chi connectivity index (χ1v) is 9.12. The molecule has 26 heavy (non-hydrogen) atoms. The smallest absolute Gasteiger partial charge is 0.288 e. The SMILES string of the molecule is Cc1c(-c2nn(CN3CCN(C)CC3)c(=S)o2)cnn1-c1ccccc1. The summed E-state index contributed by atoms with van der Waals surface area (Å²) in [5.74, 6) is 0.517. The zero-order valence-electron chi connectivity index (χ0n) is 15.0. The Morgan fingerprint density at radius 3 is 2.58 bits per heavy atom. The summed E-state index contributed by atoms with van der Waals surface area (Å²) in [4.78, 5) is 5.05. The second-order valence-electron chi connectivity index (χ2n) is 6.63. The Balaban J connectivity index is 1.58. The lowest BCUT2D eigenvalue weighted by molar-refractivity contribution is 0.118. The summed E-state index contributed by atoms with van der Waals surface area (Å²) in [5, 5.41) is 9.08. The first kappa shape index (κ1) is 17.1. The van der Waals surface area contributed by atoms with E-state index < -0.39 is 0 Å². The number of likely N-dealkylation sites (N-methyl/N-ethyl adjacent to an activating group) is 1. The Kier molecular flexibility index (Phi) is 4.71. The lowest BCUT2D eigenvalue weighted by Gasteiger charge is -2.31. The van der Waals surface area contributed by atoms with Gasteiger partial charge in [-0.1, -0.05) is 18.2 Å². The highest BCUT2D eigenvalue weighted by Gasteiger charge is 2.19. The number of aromatic nitrogens is 4. The van der Waals surface area contributed by atoms with Crippen molar-refractivity contribution in [2.24, 2.45) is 0 Å². The fourth-order valence-electron chi connectivity index (χ4n) is 3.13. The van der Waals surface area contributed by atoms with Gasteiger partial charge in [0.25, 0.3) is 4.84 Å². The van der Waals surface area contributed by atoms with Crippen molar-refractivity contribution in [2.75, 3.05) is 33.2 Å². The Hall–Kier alpha value is -2.29. The molecule has 2 aromatic heterocycles. The molecule has 0 atom stereocenters. The first-order chi connectivity index (χ1) is 12.6. The third kappa shape index (κ3) is 3.35. The van der Waals surface area contributed by atoms with Crippen LogP contribution in [-0.4, -0.2) is 62.6 Å². The van der Waals surface area contributed by atoms with Crippen molar-refractivity contribution >= 4 is 12.2 Å². The average Bonchev–Trinajstić information content (AvgIpc) is 3.20. The van der Waals surface area contributed by atoms with Crippen LogP contribution in [0.3, 0.4) is 0 Å². The summed E-state index contributed by atoms with van der Waals surface area (Å²) < 4.78 is 9.41. The molecule has 0 aliphatic carbocycles. The zero-order chi connectivity index (χ0) is 18.1. The van der Waals surface area contributed by atoms with Gasteiger partial charge in [0, 0.05) is 26.2 Å². The minimum Gasteiger partial charge on any atom is -0.409 e. The molecule has 8 heteroatoms. The number of hydrogen-bond donors (Lipinski definition) is 0. The molecule has 1 aliphatic rings. The molecular formula is C18H22N6OS. The lowest BCUT2D eigenvalue weighted by atomic mass is 10.2. The van der Waals surface area contributed by atoms with Gasteiger partial charge in [0.05, 0.1) is 29.8 Å². The van der Waals surface area contributed by atoms with Crippen LogP contribution in [0.15, 0.2) is 40.9 Å². The molecule has 136 valence electrons. The molecule has 3 aromatic rings. The monoisotopic (exact) mass is 370 g/mol. The summed E-state index contributed by atoms with van der Waals surface area (Å²) in [5.41, 5.74) is 2.84. The largest absolute Gasteiger partial charge is 0.409 e. The average molecular weight is 370 g/mol. The highest BCUT2D eigenvalue weighted by Crippen LogP contribution is 2.24. The second-order valence-corrected chi connectivity index (χ2v) is 6.98. The van der Waals surface area contributed by atoms with Crippen molar-refractivity contribution in [1.82, 2.24) is 29.4 Å². The second kappa shape index (κ2) is 7.14. The van der Waals surface area contributed by atoms with Crippen LogP contribution in [0.2, 0.25) is 0 Å². The number of piperazine rings is 1. The first-order valence-electron chi connectivity index (χ1n) is 8.71. The predicted octanol–water partition coefficient (Wildman–Crippen LogP) is 2.57. The van der Waals surface area contributed by atoms with E-state index in [0.29, 0.717) is 17.4 Å². The van der Waals surface area contributed by atoms with Crippen LogP contribution in [0.1, 0.15) is 5.69 Å². The molecule has 1 fully saturated rings. The topological polar surface area (TPSA) is 55.3 Å². The van der Waals surface area contributed by atoms with Crippen LogP contribution in [-0.2, 0) is 6.67 Å². The van der Waals surface area contributed by atoms with Crippen LogP contribution in [0.25, 0.3) is 17.1 Å². The highest BCUT2D eigenvalue weighted by atomic mass is 32.1. The van der Waals surface area contributed by atoms with Crippen LogP contribution in [0, 0.1) is 11.8 Å². The molecular weight excluding hydrogens is 348 g/mol. The Morgan fingerprint density at radius 1 is 1.12 bits per heavy atom. The summed E-state index contributed by atoms with van der Waals surface area (Å²) in [6.45, 7) is 6.79. The molecule has 0 amide bonds. The molecule has 7 nitrogen and oxygen atoms in total. The van der Waals surface area contributed by atoms with E-state index in [1.165, 1.54) is 0 Å². The van der Waals surface area contributed by atoms with E-state index in [-0.39, 0.29) is 0 Å². The molecule has 0 unspecified atom stereocenters. The number of hydrogen-bond acceptors (Lipinski definition) is 6. The molecule has 0 N–H and O–H groups in total. The predicted molar refractivity (Wildman–Crippen MR) is 102 cm³/mol. The third-order valence-corrected chi connectivity index (χ3v) is 5.07. The van der Waals surface area contributed by atoms with Gasteiger partial charge in [-0.2, -0.15) is 5.10 Å². The van der Waals surface area contributed by atoms with Gasteiger partial charge in [0.2, 0.25) is 5.89 Å². The zero-order valence-corrected chi connectivity index (χ0v) is 15.8. The Morgan fingerprint density at radius 2 is 1.85 bits per heavy atom. The summed E-state index contributed by atoms with van der Waals surface area (Å²) in [6, 6.07) is 10.0. The standard InChI is InChI=1S/C18H22N6OS/c1-14-16(12-19-24(14)15-6-4-3-5-7-15)17-20-23(18(26)25-17)13-22-10-8-21(2)9-11-22/h3-7,12H,8-11,13H2,1-2H3. The Labute approximate surface area is 157 Å². The third-order valence-electron chi connectivity index (χ3n) is 4.78. The molecule has 0 spiro atoms. The van der Waals surface area contributed by atoms with Crippen LogP contribution in [0.5, 0.6) is 0 Å². The fourth-order valence-corrected chi connectivity index (χ4v) is 3.31. The molecule has 0 saturated carbocycles. The molecule has 0 bridgehead atoms. The summed E-state index contributed by atoms with van der Waals surface area (Å²) >= 11 is 5.38. The Bertz CT molecular complexity index is 936. The van der Waals surface area contributed by atoms with Gasteiger partial charge in [-0.05, 0) is 38.3 Å². The van der Waals surface area contributed by atoms with E-state index in [0.717, 1.165) is 43.1 Å². The van der Waals surface area contributed by atoms with Crippen molar-refractivity contribution in [2.45, 2.75) is 13.6 Å². The van der Waals surface area contributed by atoms with Crippen molar-refractivity contribution in [1.29, 1.82) is 0 Å². The number of rotatable bonds is 4. The molecule has 0 radical (unpaired) electrons. The number of nitrogens with zero attached hydrogens (tertiary/aromatic N) is 6. The van der Waals surface area contributed by atoms with Gasteiger partial charge in [-0.15, -0.1) is 5.10 Å². The van der Waals surface area contributed by atoms with Gasteiger partial charge < -0.3 is 9.32 Å². The van der Waals surface area contributed by atoms with Crippen LogP contribution in [0.4, 0.5) is 0 Å². The molecule has 1 aromatic carbocycles. The maximum absolute atomic E-state index is 5.77. The minimum absolute atomic E-state index is 0.394. The summed E-state index contributed by atoms with van der Waals surface area (Å²) in [7, 11) is 2.14. The van der Waals surface area contributed by atoms with Crippen LogP contribution >= 0.6 is 12.2 Å². The van der Waals surface area contributed by atoms with Gasteiger partial charge in [-0.3, -0.25) is 4.90 Å². The maximum Gasteiger partial charge on any atom is 0.288 e. The van der Waals surface area contributed by atoms with E-state index in [2.05, 4.69) is 27.0 Å². The molecule has 1 saturated heterocycles. The van der Waals surface area contributed by atoms with Crippen molar-refractivity contribution < 1.29 is 4.42 Å². The fraction of sp³-hybridized carbons (Fsp3) is 0.389. The van der Waals surface area contributed by atoms with E-state index >= 15 is 0 Å². The van der Waals surface area contributed by atoms with E-state index in [4.69, 9.17) is 16.6 Å². The number of para-hydroxylation sites is 1. The quantitative estimate of drug-likeness (QED) is 0.658. The van der Waals surface area contributed by atoms with Crippen molar-refractivity contribution in [3.8, 4) is 17.1 Å². The number of benzene rings is 1. The van der Waals surface area contributed by atoms with E-state index in [9.17, 15) is 0 Å². The van der Waals surface area contributed by atoms with Gasteiger partial charge >= 0.3 is 0 Å². The normalized spacial score (nSPS) is 16.2. The van der Waals surface area contributed by atoms with Gasteiger partial charge in [0.15, 0.2) is 0 Å². The van der Waals surface area contributed by atoms with Crippen LogP contribution < -0.4 is 0 Å². The van der Waals surface area contributed by atoms with E-state index in [1.54, 1.807) is 10.9 Å².